The number of carbonyl (C=O) groups excluding carboxylic acids is 1. The van der Waals surface area contributed by atoms with Gasteiger partial charge in [0.05, 0.1) is 0 Å². The van der Waals surface area contributed by atoms with Crippen molar-refractivity contribution in [3.63, 3.8) is 0 Å². The zero-order valence-electron chi connectivity index (χ0n) is 16.3. The fourth-order valence-electron chi connectivity index (χ4n) is 8.00. The van der Waals surface area contributed by atoms with E-state index >= 15 is 0 Å². The molecule has 4 rings (SSSR count). The van der Waals surface area contributed by atoms with Crippen molar-refractivity contribution < 1.29 is 4.79 Å². The predicted molar refractivity (Wildman–Crippen MR) is 98.6 cm³/mol. The predicted octanol–water partition coefficient (Wildman–Crippen LogP) is 5.31. The van der Waals surface area contributed by atoms with Gasteiger partial charge < -0.3 is 5.32 Å². The Labute approximate surface area is 148 Å². The SMILES string of the molecule is CCCC1(C)CC2NC(=O)CC[C@]2(C)[C@@H]2CC[C@]3(C)CCC[C@H]3[C@@H]21. The Hall–Kier alpha value is -0.530. The summed E-state index contributed by atoms with van der Waals surface area (Å²) in [6.45, 7) is 10.1. The molecule has 2 heteroatoms. The Morgan fingerprint density at radius 2 is 1.88 bits per heavy atom. The van der Waals surface area contributed by atoms with Crippen LogP contribution < -0.4 is 5.32 Å². The molecule has 24 heavy (non-hydrogen) atoms. The molecule has 0 aromatic carbocycles. The Kier molecular flexibility index (Phi) is 3.86. The number of rotatable bonds is 2. The molecular formula is C22H37NO. The summed E-state index contributed by atoms with van der Waals surface area (Å²) in [5.74, 6) is 2.94. The van der Waals surface area contributed by atoms with Crippen molar-refractivity contribution in [1.29, 1.82) is 0 Å². The molecule has 0 bridgehead atoms. The normalized spacial score (nSPS) is 53.8. The molecule has 1 N–H and O–H groups in total. The Morgan fingerprint density at radius 3 is 2.62 bits per heavy atom. The highest BCUT2D eigenvalue weighted by molar-refractivity contribution is 5.77. The summed E-state index contributed by atoms with van der Waals surface area (Å²) < 4.78 is 0. The molecule has 136 valence electrons. The van der Waals surface area contributed by atoms with Crippen LogP contribution in [0.5, 0.6) is 0 Å². The van der Waals surface area contributed by atoms with E-state index < -0.39 is 0 Å². The van der Waals surface area contributed by atoms with Crippen LogP contribution in [-0.4, -0.2) is 11.9 Å². The number of amides is 1. The lowest BCUT2D eigenvalue weighted by Crippen LogP contribution is -2.65. The van der Waals surface area contributed by atoms with E-state index in [0.29, 0.717) is 28.2 Å². The van der Waals surface area contributed by atoms with Crippen LogP contribution in [0.3, 0.4) is 0 Å². The minimum atomic E-state index is 0.302. The Morgan fingerprint density at radius 1 is 1.08 bits per heavy atom. The highest BCUT2D eigenvalue weighted by atomic mass is 16.1. The second-order valence-electron chi connectivity index (χ2n) is 10.6. The smallest absolute Gasteiger partial charge is 0.220 e. The standard InChI is InChI=1S/C22H37NO/c1-5-10-21(3)14-17-22(4,13-9-18(24)23-17)16-8-12-20(2)11-6-7-15(20)19(16)21/h15-17,19H,5-14H2,1-4H3,(H,23,24)/t15-,16+,17?,19-,20-,21?,22+/m0/s1. The van der Waals surface area contributed by atoms with Gasteiger partial charge in [-0.1, -0.05) is 40.5 Å². The van der Waals surface area contributed by atoms with E-state index in [1.165, 1.54) is 51.4 Å². The molecule has 1 aliphatic heterocycles. The van der Waals surface area contributed by atoms with E-state index in [1.807, 2.05) is 0 Å². The van der Waals surface area contributed by atoms with Crippen molar-refractivity contribution in [2.24, 2.45) is 34.0 Å². The Balaban J connectivity index is 1.75. The van der Waals surface area contributed by atoms with Gasteiger partial charge in [-0.15, -0.1) is 0 Å². The summed E-state index contributed by atoms with van der Waals surface area (Å²) in [6.07, 6.45) is 12.9. The van der Waals surface area contributed by atoms with Crippen molar-refractivity contribution in [3.05, 3.63) is 0 Å². The number of carbonyl (C=O) groups is 1. The largest absolute Gasteiger partial charge is 0.353 e. The molecule has 1 amide bonds. The Bertz CT molecular complexity index is 530. The molecule has 2 nitrogen and oxygen atoms in total. The van der Waals surface area contributed by atoms with Gasteiger partial charge in [-0.25, -0.2) is 0 Å². The summed E-state index contributed by atoms with van der Waals surface area (Å²) in [6, 6.07) is 0.419. The molecule has 2 unspecified atom stereocenters. The maximum Gasteiger partial charge on any atom is 0.220 e. The first kappa shape index (κ1) is 16.9. The average Bonchev–Trinajstić information content (AvgIpc) is 2.91. The highest BCUT2D eigenvalue weighted by Crippen LogP contribution is 2.68. The van der Waals surface area contributed by atoms with Gasteiger partial charge in [0.2, 0.25) is 5.91 Å². The average molecular weight is 332 g/mol. The third-order valence-electron chi connectivity index (χ3n) is 9.22. The minimum absolute atomic E-state index is 0.302. The maximum absolute atomic E-state index is 12.1. The zero-order valence-corrected chi connectivity index (χ0v) is 16.3. The molecule has 4 aliphatic rings. The number of hydrogen-bond acceptors (Lipinski definition) is 1. The van der Waals surface area contributed by atoms with Crippen molar-refractivity contribution in [2.75, 3.05) is 0 Å². The van der Waals surface area contributed by atoms with E-state index in [1.54, 1.807) is 0 Å². The van der Waals surface area contributed by atoms with Crippen LogP contribution in [0.15, 0.2) is 0 Å². The molecule has 3 aliphatic carbocycles. The quantitative estimate of drug-likeness (QED) is 0.729. The summed E-state index contributed by atoms with van der Waals surface area (Å²) in [5, 5.41) is 3.44. The van der Waals surface area contributed by atoms with Gasteiger partial charge in [-0.2, -0.15) is 0 Å². The van der Waals surface area contributed by atoms with Gasteiger partial charge in [0.15, 0.2) is 0 Å². The number of fused-ring (bicyclic) bond motifs is 5. The van der Waals surface area contributed by atoms with Crippen LogP contribution in [0.4, 0.5) is 0 Å². The molecule has 0 aromatic heterocycles. The first-order valence-corrected chi connectivity index (χ1v) is 10.6. The monoisotopic (exact) mass is 331 g/mol. The van der Waals surface area contributed by atoms with Crippen LogP contribution in [0.1, 0.15) is 91.9 Å². The number of hydrogen-bond donors (Lipinski definition) is 1. The van der Waals surface area contributed by atoms with Gasteiger partial charge in [-0.3, -0.25) is 4.79 Å². The molecule has 1 saturated heterocycles. The molecule has 0 aromatic rings. The van der Waals surface area contributed by atoms with Crippen LogP contribution in [0.25, 0.3) is 0 Å². The van der Waals surface area contributed by atoms with E-state index in [9.17, 15) is 4.79 Å². The molecule has 7 atom stereocenters. The molecule has 1 heterocycles. The van der Waals surface area contributed by atoms with E-state index in [2.05, 4.69) is 33.0 Å². The number of nitrogens with one attached hydrogen (secondary N) is 1. The second-order valence-corrected chi connectivity index (χ2v) is 10.6. The molecule has 4 fully saturated rings. The lowest BCUT2D eigenvalue weighted by Gasteiger charge is -2.65. The van der Waals surface area contributed by atoms with Crippen LogP contribution in [-0.2, 0) is 4.79 Å². The van der Waals surface area contributed by atoms with Crippen molar-refractivity contribution in [2.45, 2.75) is 97.9 Å². The molecule has 0 radical (unpaired) electrons. The summed E-state index contributed by atoms with van der Waals surface area (Å²) in [4.78, 5) is 12.1. The third kappa shape index (κ3) is 2.23. The van der Waals surface area contributed by atoms with Crippen molar-refractivity contribution >= 4 is 5.91 Å². The lowest BCUT2D eigenvalue weighted by atomic mass is 9.41. The lowest BCUT2D eigenvalue weighted by molar-refractivity contribution is -0.161. The maximum atomic E-state index is 12.1. The fourth-order valence-corrected chi connectivity index (χ4v) is 8.00. The van der Waals surface area contributed by atoms with Gasteiger partial charge in [0, 0.05) is 12.5 Å². The van der Waals surface area contributed by atoms with Crippen molar-refractivity contribution in [1.82, 2.24) is 5.32 Å². The summed E-state index contributed by atoms with van der Waals surface area (Å²) >= 11 is 0. The van der Waals surface area contributed by atoms with Gasteiger partial charge in [0.1, 0.15) is 0 Å². The summed E-state index contributed by atoms with van der Waals surface area (Å²) in [7, 11) is 0. The molecule has 3 saturated carbocycles. The molecule has 0 spiro atoms. The second kappa shape index (κ2) is 5.48. The first-order valence-electron chi connectivity index (χ1n) is 10.6. The van der Waals surface area contributed by atoms with Crippen LogP contribution >= 0.6 is 0 Å². The van der Waals surface area contributed by atoms with Crippen molar-refractivity contribution in [3.8, 4) is 0 Å². The van der Waals surface area contributed by atoms with Crippen LogP contribution in [0.2, 0.25) is 0 Å². The fraction of sp³-hybridized carbons (Fsp3) is 0.955. The summed E-state index contributed by atoms with van der Waals surface area (Å²) in [5.41, 5.74) is 1.37. The minimum Gasteiger partial charge on any atom is -0.353 e. The van der Waals surface area contributed by atoms with E-state index in [-0.39, 0.29) is 0 Å². The number of piperidine rings is 1. The molecular weight excluding hydrogens is 294 g/mol. The highest BCUT2D eigenvalue weighted by Gasteiger charge is 2.63. The van der Waals surface area contributed by atoms with Gasteiger partial charge >= 0.3 is 0 Å². The third-order valence-corrected chi connectivity index (χ3v) is 9.22. The van der Waals surface area contributed by atoms with E-state index in [0.717, 1.165) is 30.6 Å². The van der Waals surface area contributed by atoms with Gasteiger partial charge in [0.25, 0.3) is 0 Å². The van der Waals surface area contributed by atoms with Gasteiger partial charge in [-0.05, 0) is 78.9 Å². The van der Waals surface area contributed by atoms with E-state index in [4.69, 9.17) is 0 Å². The zero-order chi connectivity index (χ0) is 17.2. The first-order chi connectivity index (χ1) is 11.3. The topological polar surface area (TPSA) is 29.1 Å². The van der Waals surface area contributed by atoms with Crippen LogP contribution in [0, 0.1) is 34.0 Å².